The number of esters is 1. The molecule has 0 atom stereocenters. The molecule has 148 valence electrons. The third-order valence-electron chi connectivity index (χ3n) is 4.17. The maximum atomic E-state index is 11.4. The van der Waals surface area contributed by atoms with Crippen molar-refractivity contribution in [3.8, 4) is 5.75 Å². The molecule has 8 nitrogen and oxygen atoms in total. The van der Waals surface area contributed by atoms with Gasteiger partial charge in [-0.1, -0.05) is 18.6 Å². The number of carbonyl (C=O) groups is 3. The van der Waals surface area contributed by atoms with Gasteiger partial charge in [-0.2, -0.15) is 0 Å². The first-order valence-electron chi connectivity index (χ1n) is 9.15. The second-order valence-corrected chi connectivity index (χ2v) is 6.42. The normalized spacial score (nSPS) is 14.4. The Balaban J connectivity index is 1.61. The molecule has 0 unspecified atom stereocenters. The molecule has 0 aromatic heterocycles. The van der Waals surface area contributed by atoms with E-state index in [1.165, 1.54) is 24.8 Å². The van der Waals surface area contributed by atoms with Crippen LogP contribution in [0.2, 0.25) is 0 Å². The summed E-state index contributed by atoms with van der Waals surface area (Å²) in [6.45, 7) is 3.39. The summed E-state index contributed by atoms with van der Waals surface area (Å²) in [4.78, 5) is 34.8. The summed E-state index contributed by atoms with van der Waals surface area (Å²) >= 11 is 0. The Bertz CT molecular complexity index is 643. The van der Waals surface area contributed by atoms with Gasteiger partial charge in [0.2, 0.25) is 0 Å². The van der Waals surface area contributed by atoms with E-state index in [0.717, 1.165) is 25.4 Å². The highest BCUT2D eigenvalue weighted by Gasteiger charge is 2.14. The maximum absolute atomic E-state index is 11.4. The monoisotopic (exact) mass is 378 g/mol. The van der Waals surface area contributed by atoms with Crippen molar-refractivity contribution >= 4 is 17.8 Å². The number of rotatable bonds is 9. The minimum absolute atomic E-state index is 0.344. The van der Waals surface area contributed by atoms with Crippen molar-refractivity contribution in [2.75, 3.05) is 32.8 Å². The summed E-state index contributed by atoms with van der Waals surface area (Å²) in [5.41, 5.74) is 1.22. The fraction of sp³-hybridized carbons (Fsp3) is 0.526. The number of carbonyl (C=O) groups excluding carboxylic acids is 2. The van der Waals surface area contributed by atoms with Gasteiger partial charge in [0, 0.05) is 13.1 Å². The Labute approximate surface area is 158 Å². The number of aliphatic carboxylic acids is 1. The molecule has 0 radical (unpaired) electrons. The van der Waals surface area contributed by atoms with E-state index >= 15 is 0 Å². The van der Waals surface area contributed by atoms with Crippen LogP contribution in [-0.4, -0.2) is 60.7 Å². The number of nitrogens with zero attached hydrogens (tertiary/aromatic N) is 1. The molecule has 1 aromatic carbocycles. The van der Waals surface area contributed by atoms with Crippen LogP contribution in [0.4, 0.5) is 0 Å². The van der Waals surface area contributed by atoms with E-state index in [9.17, 15) is 14.4 Å². The Kier molecular flexibility index (Phi) is 8.57. The van der Waals surface area contributed by atoms with Gasteiger partial charge in [-0.05, 0) is 50.0 Å². The number of nitrogens with one attached hydrogen (secondary N) is 1. The largest absolute Gasteiger partial charge is 0.494 e. The van der Waals surface area contributed by atoms with Gasteiger partial charge in [-0.3, -0.25) is 9.69 Å². The number of likely N-dealkylation sites (tertiary alicyclic amines) is 1. The molecule has 1 aliphatic rings. The summed E-state index contributed by atoms with van der Waals surface area (Å²) in [5.74, 6) is -2.92. The lowest BCUT2D eigenvalue weighted by Gasteiger charge is -2.26. The lowest BCUT2D eigenvalue weighted by Crippen LogP contribution is -2.31. The molecule has 0 bridgehead atoms. The van der Waals surface area contributed by atoms with Crippen LogP contribution in [0.3, 0.4) is 0 Å². The van der Waals surface area contributed by atoms with Gasteiger partial charge in [-0.25, -0.2) is 9.59 Å². The molecule has 1 aromatic rings. The topological polar surface area (TPSA) is 105 Å². The maximum Gasteiger partial charge on any atom is 0.417 e. The summed E-state index contributed by atoms with van der Waals surface area (Å²) in [6.07, 6.45) is 4.42. The fourth-order valence-electron chi connectivity index (χ4n) is 2.84. The third kappa shape index (κ3) is 8.08. The molecule has 8 heteroatoms. The van der Waals surface area contributed by atoms with Gasteiger partial charge in [0.1, 0.15) is 5.75 Å². The number of piperidine rings is 1. The number of carboxylic acid groups (broad SMARTS) is 1. The highest BCUT2D eigenvalue weighted by molar-refractivity contribution is 6.28. The van der Waals surface area contributed by atoms with E-state index < -0.39 is 24.5 Å². The number of hydrogen-bond donors (Lipinski definition) is 2. The van der Waals surface area contributed by atoms with E-state index in [2.05, 4.69) is 21.0 Å². The summed E-state index contributed by atoms with van der Waals surface area (Å²) in [5, 5.41) is 10.9. The first kappa shape index (κ1) is 20.7. The average molecular weight is 378 g/mol. The molecule has 2 rings (SSSR count). The summed E-state index contributed by atoms with van der Waals surface area (Å²) in [6, 6.07) is 8.02. The predicted octanol–water partition coefficient (Wildman–Crippen LogP) is 1.19. The quantitative estimate of drug-likeness (QED) is 0.378. The second kappa shape index (κ2) is 11.2. The van der Waals surface area contributed by atoms with Crippen LogP contribution in [0.15, 0.2) is 24.3 Å². The van der Waals surface area contributed by atoms with Crippen molar-refractivity contribution in [1.29, 1.82) is 0 Å². The minimum atomic E-state index is -1.72. The van der Waals surface area contributed by atoms with Crippen molar-refractivity contribution < 1.29 is 29.0 Å². The molecule has 1 amide bonds. The van der Waals surface area contributed by atoms with Gasteiger partial charge >= 0.3 is 11.9 Å². The SMILES string of the molecule is O=C(COC(=O)C(=O)O)NCCCOc1cccc(CN2CCCCC2)c1. The molecular formula is C19H26N2O6. The second-order valence-electron chi connectivity index (χ2n) is 6.42. The molecule has 0 aliphatic carbocycles. The Morgan fingerprint density at radius 3 is 2.67 bits per heavy atom. The van der Waals surface area contributed by atoms with Crippen LogP contribution in [-0.2, 0) is 25.7 Å². The number of ether oxygens (including phenoxy) is 2. The molecule has 1 saturated heterocycles. The van der Waals surface area contributed by atoms with Crippen LogP contribution >= 0.6 is 0 Å². The zero-order valence-corrected chi connectivity index (χ0v) is 15.3. The fourth-order valence-corrected chi connectivity index (χ4v) is 2.84. The third-order valence-corrected chi connectivity index (χ3v) is 4.17. The van der Waals surface area contributed by atoms with E-state index in [1.807, 2.05) is 18.2 Å². The zero-order chi connectivity index (χ0) is 19.5. The standard InChI is InChI=1S/C19H26N2O6/c22-17(14-27-19(25)18(23)24)20-8-5-11-26-16-7-4-6-15(12-16)13-21-9-2-1-3-10-21/h4,6-7,12H,1-3,5,8-11,13-14H2,(H,20,22)(H,23,24). The van der Waals surface area contributed by atoms with E-state index in [1.54, 1.807) is 0 Å². The number of hydrogen-bond acceptors (Lipinski definition) is 6. The van der Waals surface area contributed by atoms with E-state index in [0.29, 0.717) is 19.6 Å². The van der Waals surface area contributed by atoms with Crippen LogP contribution in [0.5, 0.6) is 5.75 Å². The Morgan fingerprint density at radius 1 is 1.15 bits per heavy atom. The molecule has 2 N–H and O–H groups in total. The van der Waals surface area contributed by atoms with Gasteiger partial charge in [0.15, 0.2) is 6.61 Å². The van der Waals surface area contributed by atoms with Crippen molar-refractivity contribution in [3.63, 3.8) is 0 Å². The highest BCUT2D eigenvalue weighted by Crippen LogP contribution is 2.17. The molecule has 27 heavy (non-hydrogen) atoms. The van der Waals surface area contributed by atoms with Crippen LogP contribution in [0.1, 0.15) is 31.2 Å². The van der Waals surface area contributed by atoms with E-state index in [-0.39, 0.29) is 0 Å². The Hall–Kier alpha value is -2.61. The van der Waals surface area contributed by atoms with Gasteiger partial charge in [0.05, 0.1) is 6.61 Å². The number of amides is 1. The van der Waals surface area contributed by atoms with Crippen molar-refractivity contribution in [3.05, 3.63) is 29.8 Å². The van der Waals surface area contributed by atoms with Crippen LogP contribution in [0, 0.1) is 0 Å². The molecule has 1 fully saturated rings. The van der Waals surface area contributed by atoms with Crippen molar-refractivity contribution in [2.45, 2.75) is 32.2 Å². The predicted molar refractivity (Wildman–Crippen MR) is 97.3 cm³/mol. The lowest BCUT2D eigenvalue weighted by atomic mass is 10.1. The van der Waals surface area contributed by atoms with Gasteiger partial charge in [0.25, 0.3) is 5.91 Å². The number of carboxylic acids is 1. The van der Waals surface area contributed by atoms with Crippen LogP contribution in [0.25, 0.3) is 0 Å². The number of benzene rings is 1. The van der Waals surface area contributed by atoms with Crippen LogP contribution < -0.4 is 10.1 Å². The zero-order valence-electron chi connectivity index (χ0n) is 15.3. The smallest absolute Gasteiger partial charge is 0.417 e. The first-order valence-corrected chi connectivity index (χ1v) is 9.15. The molecule has 1 aliphatic heterocycles. The summed E-state index contributed by atoms with van der Waals surface area (Å²) in [7, 11) is 0. The average Bonchev–Trinajstić information content (AvgIpc) is 2.67. The van der Waals surface area contributed by atoms with Crippen molar-refractivity contribution in [2.24, 2.45) is 0 Å². The molecule has 0 saturated carbocycles. The van der Waals surface area contributed by atoms with Crippen molar-refractivity contribution in [1.82, 2.24) is 10.2 Å². The first-order chi connectivity index (χ1) is 13.0. The minimum Gasteiger partial charge on any atom is -0.494 e. The van der Waals surface area contributed by atoms with Gasteiger partial charge < -0.3 is 19.9 Å². The van der Waals surface area contributed by atoms with E-state index in [4.69, 9.17) is 9.84 Å². The summed E-state index contributed by atoms with van der Waals surface area (Å²) < 4.78 is 10.00. The molecular weight excluding hydrogens is 352 g/mol. The lowest BCUT2D eigenvalue weighted by molar-refractivity contribution is -0.165. The molecule has 1 heterocycles. The highest BCUT2D eigenvalue weighted by atomic mass is 16.6. The van der Waals surface area contributed by atoms with Gasteiger partial charge in [-0.15, -0.1) is 0 Å². The molecule has 0 spiro atoms. The Morgan fingerprint density at radius 2 is 1.93 bits per heavy atom.